The number of hydrogen-bond donors (Lipinski definition) is 1. The Morgan fingerprint density at radius 2 is 1.78 bits per heavy atom. The molecule has 3 heterocycles. The first-order valence-corrected chi connectivity index (χ1v) is 10.4. The van der Waals surface area contributed by atoms with E-state index >= 15 is 0 Å². The number of anilines is 1. The van der Waals surface area contributed by atoms with Crippen LogP contribution in [-0.2, 0) is 6.54 Å². The van der Waals surface area contributed by atoms with Gasteiger partial charge in [0, 0.05) is 57.7 Å². The third-order valence-corrected chi connectivity index (χ3v) is 5.82. The van der Waals surface area contributed by atoms with E-state index in [9.17, 15) is 0 Å². The van der Waals surface area contributed by atoms with Gasteiger partial charge >= 0.3 is 0 Å². The van der Waals surface area contributed by atoms with Gasteiger partial charge in [0.2, 0.25) is 0 Å². The van der Waals surface area contributed by atoms with Crippen LogP contribution in [-0.4, -0.2) is 63.6 Å². The predicted molar refractivity (Wildman–Crippen MR) is 113 cm³/mol. The summed E-state index contributed by atoms with van der Waals surface area (Å²) in [6, 6.07) is 10.7. The molecule has 0 bridgehead atoms. The second kappa shape index (κ2) is 8.21. The first-order valence-electron chi connectivity index (χ1n) is 9.17. The number of hydrogen-bond acceptors (Lipinski definition) is 7. The fourth-order valence-electron chi connectivity index (χ4n) is 3.40. The monoisotopic (exact) mass is 380 g/mol. The fraction of sp³-hybridized carbons (Fsp3) is 0.350. The van der Waals surface area contributed by atoms with Crippen LogP contribution in [0.15, 0.2) is 42.7 Å². The van der Waals surface area contributed by atoms with Crippen LogP contribution >= 0.6 is 11.9 Å². The van der Waals surface area contributed by atoms with E-state index in [1.165, 1.54) is 5.56 Å². The lowest BCUT2D eigenvalue weighted by molar-refractivity contribution is 0.189. The van der Waals surface area contributed by atoms with Crippen LogP contribution in [0.5, 0.6) is 0 Å². The highest BCUT2D eigenvalue weighted by Gasteiger charge is 2.16. The molecule has 1 aliphatic heterocycles. The second-order valence-electron chi connectivity index (χ2n) is 6.61. The Balaban J connectivity index is 1.51. The predicted octanol–water partition coefficient (Wildman–Crippen LogP) is 3.13. The van der Waals surface area contributed by atoms with Gasteiger partial charge in [-0.25, -0.2) is 14.3 Å². The van der Waals surface area contributed by atoms with Gasteiger partial charge in [0.25, 0.3) is 0 Å². The van der Waals surface area contributed by atoms with E-state index in [4.69, 9.17) is 4.98 Å². The molecule has 0 unspecified atom stereocenters. The van der Waals surface area contributed by atoms with Crippen molar-refractivity contribution in [2.45, 2.75) is 6.54 Å². The Bertz CT molecular complexity index is 906. The average Bonchev–Trinajstić information content (AvgIpc) is 2.74. The molecule has 7 heteroatoms. The van der Waals surface area contributed by atoms with Gasteiger partial charge in [-0.3, -0.25) is 9.88 Å². The van der Waals surface area contributed by atoms with Crippen LogP contribution < -0.4 is 5.32 Å². The van der Waals surface area contributed by atoms with Crippen LogP contribution in [0, 0.1) is 0 Å². The molecule has 4 rings (SSSR count). The number of aromatic nitrogens is 3. The molecule has 3 aromatic rings. The summed E-state index contributed by atoms with van der Waals surface area (Å²) in [5.41, 5.74) is 4.99. The van der Waals surface area contributed by atoms with E-state index in [0.29, 0.717) is 0 Å². The molecule has 1 aliphatic rings. The molecule has 0 spiro atoms. The normalized spacial score (nSPS) is 15.9. The molecule has 1 aromatic carbocycles. The molecular formula is C20H24N6S. The van der Waals surface area contributed by atoms with Gasteiger partial charge < -0.3 is 5.32 Å². The van der Waals surface area contributed by atoms with E-state index in [2.05, 4.69) is 55.0 Å². The Morgan fingerprint density at radius 1 is 1.04 bits per heavy atom. The van der Waals surface area contributed by atoms with Crippen molar-refractivity contribution in [3.05, 3.63) is 48.3 Å². The molecular weight excluding hydrogens is 356 g/mol. The van der Waals surface area contributed by atoms with Crippen LogP contribution in [0.2, 0.25) is 0 Å². The molecule has 27 heavy (non-hydrogen) atoms. The van der Waals surface area contributed by atoms with E-state index in [0.717, 1.165) is 60.8 Å². The molecule has 6 nitrogen and oxygen atoms in total. The first-order chi connectivity index (χ1) is 13.3. The number of rotatable bonds is 5. The quantitative estimate of drug-likeness (QED) is 0.683. The summed E-state index contributed by atoms with van der Waals surface area (Å²) in [6.07, 6.45) is 5.56. The summed E-state index contributed by atoms with van der Waals surface area (Å²) < 4.78 is 2.42. The van der Waals surface area contributed by atoms with Crippen molar-refractivity contribution in [3.63, 3.8) is 0 Å². The number of nitrogens with zero attached hydrogens (tertiary/aromatic N) is 5. The maximum absolute atomic E-state index is 4.72. The van der Waals surface area contributed by atoms with Gasteiger partial charge in [-0.15, -0.1) is 0 Å². The third kappa shape index (κ3) is 4.05. The Morgan fingerprint density at radius 3 is 2.48 bits per heavy atom. The molecule has 140 valence electrons. The lowest BCUT2D eigenvalue weighted by Crippen LogP contribution is -2.42. The lowest BCUT2D eigenvalue weighted by Gasteiger charge is -2.33. The van der Waals surface area contributed by atoms with E-state index in [1.54, 1.807) is 12.4 Å². The topological polar surface area (TPSA) is 57.2 Å². The molecule has 0 radical (unpaired) electrons. The standard InChI is InChI=1S/C20H24N6S/c1-21-20-19-18(22-7-8-23-19)13-17(24-20)16-5-3-15(4-6-16)14-25-9-11-26(27-2)12-10-25/h3-8,13H,9-12,14H2,1-2H3,(H,21,24). The van der Waals surface area contributed by atoms with Crippen molar-refractivity contribution in [2.75, 3.05) is 44.8 Å². The van der Waals surface area contributed by atoms with Crippen LogP contribution in [0.1, 0.15) is 5.56 Å². The van der Waals surface area contributed by atoms with E-state index < -0.39 is 0 Å². The minimum Gasteiger partial charge on any atom is -0.371 e. The molecule has 1 fully saturated rings. The maximum Gasteiger partial charge on any atom is 0.154 e. The molecule has 0 amide bonds. The second-order valence-corrected chi connectivity index (χ2v) is 7.50. The van der Waals surface area contributed by atoms with Crippen molar-refractivity contribution < 1.29 is 0 Å². The van der Waals surface area contributed by atoms with Gasteiger partial charge in [-0.2, -0.15) is 0 Å². The van der Waals surface area contributed by atoms with Crippen molar-refractivity contribution in [1.82, 2.24) is 24.2 Å². The van der Waals surface area contributed by atoms with E-state index in [-0.39, 0.29) is 0 Å². The average molecular weight is 381 g/mol. The van der Waals surface area contributed by atoms with Gasteiger partial charge in [0.1, 0.15) is 5.52 Å². The zero-order valence-corrected chi connectivity index (χ0v) is 16.5. The van der Waals surface area contributed by atoms with Gasteiger partial charge in [-0.1, -0.05) is 36.2 Å². The zero-order chi connectivity index (χ0) is 18.6. The molecule has 2 aromatic heterocycles. The van der Waals surface area contributed by atoms with Gasteiger partial charge in [0.05, 0.1) is 11.2 Å². The number of nitrogens with one attached hydrogen (secondary N) is 1. The highest BCUT2D eigenvalue weighted by Crippen LogP contribution is 2.25. The van der Waals surface area contributed by atoms with Crippen molar-refractivity contribution in [2.24, 2.45) is 0 Å². The minimum atomic E-state index is 0.756. The fourth-order valence-corrected chi connectivity index (χ4v) is 3.93. The van der Waals surface area contributed by atoms with Crippen molar-refractivity contribution in [1.29, 1.82) is 0 Å². The summed E-state index contributed by atoms with van der Waals surface area (Å²) >= 11 is 1.84. The lowest BCUT2D eigenvalue weighted by atomic mass is 10.1. The molecule has 1 N–H and O–H groups in total. The Kier molecular flexibility index (Phi) is 5.52. The van der Waals surface area contributed by atoms with Crippen molar-refractivity contribution in [3.8, 4) is 11.3 Å². The summed E-state index contributed by atoms with van der Waals surface area (Å²) in [5, 5.41) is 3.13. The molecule has 0 saturated carbocycles. The maximum atomic E-state index is 4.72. The van der Waals surface area contributed by atoms with Crippen LogP contribution in [0.25, 0.3) is 22.3 Å². The smallest absolute Gasteiger partial charge is 0.154 e. The summed E-state index contributed by atoms with van der Waals surface area (Å²) in [4.78, 5) is 16.0. The number of fused-ring (bicyclic) bond motifs is 1. The van der Waals surface area contributed by atoms with Gasteiger partial charge in [0.15, 0.2) is 5.82 Å². The minimum absolute atomic E-state index is 0.756. The van der Waals surface area contributed by atoms with Crippen molar-refractivity contribution >= 4 is 28.8 Å². The molecule has 1 saturated heterocycles. The highest BCUT2D eigenvalue weighted by atomic mass is 32.2. The molecule has 0 atom stereocenters. The summed E-state index contributed by atoms with van der Waals surface area (Å²) in [7, 11) is 1.86. The number of piperazine rings is 1. The SMILES string of the molecule is CNc1nc(-c2ccc(CN3CCN(SC)CC3)cc2)cc2nccnc12. The summed E-state index contributed by atoms with van der Waals surface area (Å²) in [6.45, 7) is 5.51. The summed E-state index contributed by atoms with van der Waals surface area (Å²) in [5.74, 6) is 0.756. The van der Waals surface area contributed by atoms with Gasteiger partial charge in [-0.05, 0) is 17.9 Å². The number of pyridine rings is 1. The zero-order valence-electron chi connectivity index (χ0n) is 15.7. The Labute approximate surface area is 164 Å². The largest absolute Gasteiger partial charge is 0.371 e. The van der Waals surface area contributed by atoms with Crippen LogP contribution in [0.3, 0.4) is 0 Å². The van der Waals surface area contributed by atoms with E-state index in [1.807, 2.05) is 25.1 Å². The third-order valence-electron chi connectivity index (χ3n) is 4.94. The molecule has 0 aliphatic carbocycles. The first kappa shape index (κ1) is 18.2. The van der Waals surface area contributed by atoms with Crippen LogP contribution in [0.4, 0.5) is 5.82 Å². The highest BCUT2D eigenvalue weighted by molar-refractivity contribution is 7.96. The number of benzene rings is 1. The Hall–Kier alpha value is -2.22.